The SMILES string of the molecule is CON(POc1ccc(C(C)(C)C)cc1)P(N=POc1ccc(C(C)(C)C)cc1)Oc1ccc(C(C)(C)C)cc1. The first kappa shape index (κ1) is 32.5. The molecule has 40 heavy (non-hydrogen) atoms. The van der Waals surface area contributed by atoms with Crippen LogP contribution in [-0.4, -0.2) is 11.7 Å². The molecular formula is C31H43N2O4P3. The maximum Gasteiger partial charge on any atom is 0.337 e. The summed E-state index contributed by atoms with van der Waals surface area (Å²) >= 11 is 0. The summed E-state index contributed by atoms with van der Waals surface area (Å²) in [6, 6.07) is 24.4. The molecule has 2 atom stereocenters. The normalized spacial score (nSPS) is 13.8. The smallest absolute Gasteiger partial charge is 0.337 e. The molecule has 0 saturated carbocycles. The molecule has 0 aromatic heterocycles. The van der Waals surface area contributed by atoms with Crippen LogP contribution < -0.4 is 13.6 Å². The van der Waals surface area contributed by atoms with Crippen molar-refractivity contribution in [3.8, 4) is 17.2 Å². The molecule has 0 amide bonds. The van der Waals surface area contributed by atoms with Crippen LogP contribution in [0.1, 0.15) is 79.0 Å². The Morgan fingerprint density at radius 2 is 1.02 bits per heavy atom. The van der Waals surface area contributed by atoms with E-state index in [-0.39, 0.29) is 25.2 Å². The van der Waals surface area contributed by atoms with Crippen LogP contribution in [0.2, 0.25) is 0 Å². The molecular weight excluding hydrogens is 557 g/mol. The Bertz CT molecular complexity index is 1230. The lowest BCUT2D eigenvalue weighted by atomic mass is 9.87. The van der Waals surface area contributed by atoms with Crippen molar-refractivity contribution in [3.05, 3.63) is 89.5 Å². The van der Waals surface area contributed by atoms with Crippen LogP contribution in [0.25, 0.3) is 0 Å². The Balaban J connectivity index is 1.76. The van der Waals surface area contributed by atoms with Gasteiger partial charge in [0.15, 0.2) is 8.96 Å². The number of nitrogens with zero attached hydrogens (tertiary/aromatic N) is 2. The second-order valence-electron chi connectivity index (χ2n) is 12.6. The van der Waals surface area contributed by atoms with Crippen molar-refractivity contribution in [1.29, 1.82) is 0 Å². The molecule has 0 aliphatic carbocycles. The molecule has 2 unspecified atom stereocenters. The largest absolute Gasteiger partial charge is 0.458 e. The van der Waals surface area contributed by atoms with Crippen molar-refractivity contribution in [2.24, 2.45) is 4.52 Å². The number of benzene rings is 3. The molecule has 0 saturated heterocycles. The van der Waals surface area contributed by atoms with Crippen LogP contribution >= 0.6 is 26.0 Å². The van der Waals surface area contributed by atoms with E-state index >= 15 is 0 Å². The zero-order chi connectivity index (χ0) is 29.6. The molecule has 3 aromatic rings. The fourth-order valence-corrected chi connectivity index (χ4v) is 6.42. The summed E-state index contributed by atoms with van der Waals surface area (Å²) in [5.74, 6) is 2.20. The lowest BCUT2D eigenvalue weighted by Gasteiger charge is -2.24. The number of rotatable bonds is 10. The van der Waals surface area contributed by atoms with E-state index in [2.05, 4.69) is 98.7 Å². The highest BCUT2D eigenvalue weighted by Gasteiger charge is 2.25. The first-order valence-corrected chi connectivity index (χ1v) is 16.1. The fraction of sp³-hybridized carbons (Fsp3) is 0.419. The van der Waals surface area contributed by atoms with E-state index in [1.807, 2.05) is 36.4 Å². The van der Waals surface area contributed by atoms with Crippen LogP contribution in [0.5, 0.6) is 17.2 Å². The molecule has 6 nitrogen and oxygen atoms in total. The third-order valence-corrected chi connectivity index (χ3v) is 9.65. The lowest BCUT2D eigenvalue weighted by molar-refractivity contribution is 0.0281. The summed E-state index contributed by atoms with van der Waals surface area (Å²) < 4.78 is 24.7. The number of hydrogen-bond donors (Lipinski definition) is 0. The summed E-state index contributed by atoms with van der Waals surface area (Å²) in [6.07, 6.45) is 0. The summed E-state index contributed by atoms with van der Waals surface area (Å²) in [6.45, 7) is 19.7. The molecule has 0 bridgehead atoms. The second-order valence-corrected chi connectivity index (χ2v) is 15.9. The second kappa shape index (κ2) is 13.7. The summed E-state index contributed by atoms with van der Waals surface area (Å²) in [5, 5.41) is 0. The Hall–Kier alpha value is -2.06. The van der Waals surface area contributed by atoms with Crippen LogP contribution in [0, 0.1) is 0 Å². The minimum absolute atomic E-state index is 0.0545. The fourth-order valence-electron chi connectivity index (χ4n) is 3.57. The van der Waals surface area contributed by atoms with Gasteiger partial charge in [-0.1, -0.05) is 103 Å². The first-order valence-electron chi connectivity index (χ1n) is 13.3. The average Bonchev–Trinajstić information content (AvgIpc) is 2.88. The van der Waals surface area contributed by atoms with E-state index in [4.69, 9.17) is 22.9 Å². The van der Waals surface area contributed by atoms with Crippen LogP contribution in [0.3, 0.4) is 0 Å². The van der Waals surface area contributed by atoms with E-state index < -0.39 is 8.45 Å². The van der Waals surface area contributed by atoms with Crippen molar-refractivity contribution in [1.82, 2.24) is 4.60 Å². The Morgan fingerprint density at radius 1 is 0.625 bits per heavy atom. The first-order chi connectivity index (χ1) is 18.7. The van der Waals surface area contributed by atoms with E-state index in [1.54, 1.807) is 11.7 Å². The molecule has 0 fully saturated rings. The molecule has 0 spiro atoms. The third kappa shape index (κ3) is 9.79. The van der Waals surface area contributed by atoms with Gasteiger partial charge < -0.3 is 13.6 Å². The van der Waals surface area contributed by atoms with Gasteiger partial charge in [0.25, 0.3) is 8.60 Å². The van der Waals surface area contributed by atoms with Crippen molar-refractivity contribution in [3.63, 3.8) is 0 Å². The molecule has 3 aromatic carbocycles. The quantitative estimate of drug-likeness (QED) is 0.171. The van der Waals surface area contributed by atoms with E-state index in [0.717, 1.165) is 11.5 Å². The van der Waals surface area contributed by atoms with E-state index in [1.165, 1.54) is 16.7 Å². The Labute approximate surface area is 245 Å². The molecule has 216 valence electrons. The van der Waals surface area contributed by atoms with E-state index in [0.29, 0.717) is 14.3 Å². The third-order valence-electron chi connectivity index (χ3n) is 6.18. The molecule has 3 rings (SSSR count). The van der Waals surface area contributed by atoms with Crippen LogP contribution in [-0.2, 0) is 21.1 Å². The van der Waals surface area contributed by atoms with Gasteiger partial charge in [-0.2, -0.15) is 0 Å². The van der Waals surface area contributed by atoms with Crippen LogP contribution in [0.4, 0.5) is 0 Å². The predicted molar refractivity (Wildman–Crippen MR) is 171 cm³/mol. The molecule has 0 aliphatic heterocycles. The monoisotopic (exact) mass is 600 g/mol. The minimum Gasteiger partial charge on any atom is -0.458 e. The van der Waals surface area contributed by atoms with Crippen molar-refractivity contribution < 1.29 is 18.4 Å². The predicted octanol–water partition coefficient (Wildman–Crippen LogP) is 10.8. The van der Waals surface area contributed by atoms with Crippen molar-refractivity contribution >= 4 is 26.0 Å². The van der Waals surface area contributed by atoms with Gasteiger partial charge in [0.2, 0.25) is 0 Å². The highest BCUT2D eigenvalue weighted by Crippen LogP contribution is 2.52. The Kier molecular flexibility index (Phi) is 11.1. The standard InChI is InChI=1S/C31H43N2O4P3/c1-29(2,3)23-11-17-26(18-12-23)35-38-32-40(37-28-21-15-25(16-22-28)31(7,8)9)33(34-10)39-36-27-19-13-24(14-20-27)30(4,5)6/h11-22,39H,1-10H3. The minimum atomic E-state index is -1.59. The highest BCUT2D eigenvalue weighted by atomic mass is 31.2. The molecule has 9 heteroatoms. The summed E-state index contributed by atoms with van der Waals surface area (Å²) in [4.78, 5) is 5.69. The highest BCUT2D eigenvalue weighted by molar-refractivity contribution is 7.60. The molecule has 0 N–H and O–H groups in total. The maximum absolute atomic E-state index is 6.33. The summed E-state index contributed by atoms with van der Waals surface area (Å²) in [7, 11) is 0.242. The lowest BCUT2D eigenvalue weighted by Crippen LogP contribution is -2.11. The van der Waals surface area contributed by atoms with Gasteiger partial charge in [0, 0.05) is 0 Å². The molecule has 0 heterocycles. The van der Waals surface area contributed by atoms with Crippen molar-refractivity contribution in [2.75, 3.05) is 7.11 Å². The topological polar surface area (TPSA) is 52.5 Å². The van der Waals surface area contributed by atoms with E-state index in [9.17, 15) is 0 Å². The van der Waals surface area contributed by atoms with Gasteiger partial charge in [0.1, 0.15) is 17.2 Å². The van der Waals surface area contributed by atoms with Gasteiger partial charge in [-0.05, 0) is 69.3 Å². The van der Waals surface area contributed by atoms with Crippen molar-refractivity contribution in [2.45, 2.75) is 78.6 Å². The van der Waals surface area contributed by atoms with Gasteiger partial charge >= 0.3 is 8.45 Å². The zero-order valence-electron chi connectivity index (χ0n) is 25.4. The zero-order valence-corrected chi connectivity index (χ0v) is 28.1. The van der Waals surface area contributed by atoms with Gasteiger partial charge in [-0.25, -0.2) is 0 Å². The number of hydrogen-bond acceptors (Lipinski definition) is 6. The summed E-state index contributed by atoms with van der Waals surface area (Å²) in [5.41, 5.74) is 3.94. The van der Waals surface area contributed by atoms with Gasteiger partial charge in [-0.15, -0.1) is 4.52 Å². The van der Waals surface area contributed by atoms with Gasteiger partial charge in [-0.3, -0.25) is 4.84 Å². The van der Waals surface area contributed by atoms with Crippen LogP contribution in [0.15, 0.2) is 77.3 Å². The maximum atomic E-state index is 6.33. The molecule has 0 aliphatic rings. The molecule has 0 radical (unpaired) electrons. The Morgan fingerprint density at radius 3 is 1.43 bits per heavy atom. The van der Waals surface area contributed by atoms with Gasteiger partial charge in [0.05, 0.1) is 7.11 Å². The average molecular weight is 601 g/mol.